The number of hydrogen-bond acceptors (Lipinski definition) is 5. The average molecular weight is 451 g/mol. The molecule has 31 heavy (non-hydrogen) atoms. The molecule has 0 spiro atoms. The van der Waals surface area contributed by atoms with E-state index >= 15 is 0 Å². The number of aromatic nitrogens is 3. The summed E-state index contributed by atoms with van der Waals surface area (Å²) < 4.78 is 29.6. The number of halogens is 3. The number of carbonyl (C=O) groups is 1. The number of carbonyl (C=O) groups excluding carboxylic acids is 1. The second-order valence-electron chi connectivity index (χ2n) is 7.62. The smallest absolute Gasteiger partial charge is 0.322 e. The van der Waals surface area contributed by atoms with Crippen molar-refractivity contribution in [1.82, 2.24) is 19.5 Å². The Morgan fingerprint density at radius 1 is 1.23 bits per heavy atom. The highest BCUT2D eigenvalue weighted by molar-refractivity contribution is 5.93. The molecule has 2 aliphatic heterocycles. The number of benzene rings is 1. The standard InChI is InChI=1S/C20H20F2N6O2.ClH/c21-12-3-4-15(22)14(8-12)17-2-1-6-27(17)18-5-7-28-19(25-18)16(9-23-28)24-20(30)26-10-13(29)11-26;/h3-5,7-9,13,17,29H,1-2,6,10-11H2,(H,24,30);1H. The SMILES string of the molecule is Cl.O=C(Nc1cnn2ccc(N3CCCC3c3cc(F)ccc3F)nc12)N1CC(O)C1. The van der Waals surface area contributed by atoms with Gasteiger partial charge in [0.2, 0.25) is 0 Å². The van der Waals surface area contributed by atoms with E-state index in [4.69, 9.17) is 0 Å². The summed E-state index contributed by atoms with van der Waals surface area (Å²) in [6, 6.07) is 4.62. The molecule has 11 heteroatoms. The zero-order chi connectivity index (χ0) is 20.8. The van der Waals surface area contributed by atoms with Crippen LogP contribution in [0.4, 0.5) is 25.1 Å². The summed E-state index contributed by atoms with van der Waals surface area (Å²) in [5, 5.41) is 16.3. The number of amides is 2. The maximum Gasteiger partial charge on any atom is 0.322 e. The molecule has 0 radical (unpaired) electrons. The molecule has 2 fully saturated rings. The summed E-state index contributed by atoms with van der Waals surface area (Å²) in [7, 11) is 0. The van der Waals surface area contributed by atoms with Gasteiger partial charge in [0.1, 0.15) is 23.1 Å². The van der Waals surface area contributed by atoms with Gasteiger partial charge in [0.15, 0.2) is 5.65 Å². The minimum Gasteiger partial charge on any atom is -0.389 e. The van der Waals surface area contributed by atoms with Gasteiger partial charge in [0.25, 0.3) is 0 Å². The Balaban J connectivity index is 0.00000231. The minimum absolute atomic E-state index is 0. The lowest BCUT2D eigenvalue weighted by molar-refractivity contribution is 0.0309. The summed E-state index contributed by atoms with van der Waals surface area (Å²) in [4.78, 5) is 20.4. The number of urea groups is 1. The van der Waals surface area contributed by atoms with Crippen LogP contribution >= 0.6 is 12.4 Å². The maximum absolute atomic E-state index is 14.4. The zero-order valence-corrected chi connectivity index (χ0v) is 17.2. The molecule has 0 saturated carbocycles. The van der Waals surface area contributed by atoms with E-state index < -0.39 is 17.7 Å². The van der Waals surface area contributed by atoms with Gasteiger partial charge in [0, 0.05) is 18.3 Å². The summed E-state index contributed by atoms with van der Waals surface area (Å²) in [6.45, 7) is 1.24. The van der Waals surface area contributed by atoms with Crippen LogP contribution in [0, 0.1) is 11.6 Å². The number of β-amino-alcohol motifs (C(OH)–C–C–N with tert-alkyl or cyclic N) is 1. The molecular weight excluding hydrogens is 430 g/mol. The van der Waals surface area contributed by atoms with Crippen LogP contribution in [0.3, 0.4) is 0 Å². The monoisotopic (exact) mass is 450 g/mol. The Morgan fingerprint density at radius 3 is 2.81 bits per heavy atom. The first-order chi connectivity index (χ1) is 14.5. The highest BCUT2D eigenvalue weighted by atomic mass is 35.5. The van der Waals surface area contributed by atoms with Gasteiger partial charge in [-0.2, -0.15) is 5.10 Å². The van der Waals surface area contributed by atoms with Crippen molar-refractivity contribution in [2.24, 2.45) is 0 Å². The van der Waals surface area contributed by atoms with Crippen LogP contribution in [0.15, 0.2) is 36.7 Å². The topological polar surface area (TPSA) is 86.0 Å². The van der Waals surface area contributed by atoms with Crippen LogP contribution in [0.2, 0.25) is 0 Å². The first-order valence-electron chi connectivity index (χ1n) is 9.79. The Bertz CT molecular complexity index is 1120. The molecule has 0 aliphatic carbocycles. The molecule has 2 aromatic heterocycles. The van der Waals surface area contributed by atoms with Gasteiger partial charge in [-0.05, 0) is 37.1 Å². The predicted octanol–water partition coefficient (Wildman–Crippen LogP) is 2.98. The van der Waals surface area contributed by atoms with E-state index in [0.29, 0.717) is 48.8 Å². The van der Waals surface area contributed by atoms with Crippen molar-refractivity contribution in [1.29, 1.82) is 0 Å². The minimum atomic E-state index is -0.486. The Hall–Kier alpha value is -2.98. The molecule has 4 heterocycles. The van der Waals surface area contributed by atoms with Crippen molar-refractivity contribution < 1.29 is 18.7 Å². The molecule has 3 aromatic rings. The number of anilines is 2. The van der Waals surface area contributed by atoms with Gasteiger partial charge in [-0.1, -0.05) is 0 Å². The number of likely N-dealkylation sites (tertiary alicyclic amines) is 1. The third-order valence-corrected chi connectivity index (χ3v) is 5.61. The van der Waals surface area contributed by atoms with E-state index in [1.807, 2.05) is 4.90 Å². The normalized spacial score (nSPS) is 18.7. The van der Waals surface area contributed by atoms with Crippen molar-refractivity contribution in [3.8, 4) is 0 Å². The number of nitrogens with zero attached hydrogens (tertiary/aromatic N) is 5. The number of aliphatic hydroxyl groups excluding tert-OH is 1. The highest BCUT2D eigenvalue weighted by Gasteiger charge is 2.31. The molecular formula is C20H21ClF2N6O2. The molecule has 0 bridgehead atoms. The fourth-order valence-corrected chi connectivity index (χ4v) is 4.06. The lowest BCUT2D eigenvalue weighted by Crippen LogP contribution is -2.54. The summed E-state index contributed by atoms with van der Waals surface area (Å²) in [6.07, 6.45) is 4.26. The molecule has 1 atom stereocenters. The molecule has 1 unspecified atom stereocenters. The van der Waals surface area contributed by atoms with Crippen molar-refractivity contribution in [2.75, 3.05) is 29.9 Å². The average Bonchev–Trinajstić information content (AvgIpc) is 3.34. The molecule has 2 N–H and O–H groups in total. The Morgan fingerprint density at radius 2 is 2.03 bits per heavy atom. The number of rotatable bonds is 3. The third kappa shape index (κ3) is 3.88. The molecule has 164 valence electrons. The second kappa shape index (κ2) is 8.27. The van der Waals surface area contributed by atoms with Gasteiger partial charge in [-0.25, -0.2) is 23.1 Å². The first-order valence-corrected chi connectivity index (χ1v) is 9.79. The van der Waals surface area contributed by atoms with E-state index in [0.717, 1.165) is 18.6 Å². The van der Waals surface area contributed by atoms with Gasteiger partial charge in [0.05, 0.1) is 31.4 Å². The zero-order valence-electron chi connectivity index (χ0n) is 16.4. The number of hydrogen-bond donors (Lipinski definition) is 2. The summed E-state index contributed by atoms with van der Waals surface area (Å²) >= 11 is 0. The van der Waals surface area contributed by atoms with Crippen molar-refractivity contribution in [2.45, 2.75) is 25.0 Å². The quantitative estimate of drug-likeness (QED) is 0.640. The summed E-state index contributed by atoms with van der Waals surface area (Å²) in [5.74, 6) is -0.314. The van der Waals surface area contributed by atoms with E-state index in [-0.39, 0.29) is 24.5 Å². The molecule has 5 rings (SSSR count). The van der Waals surface area contributed by atoms with Gasteiger partial charge in [-0.15, -0.1) is 12.4 Å². The van der Waals surface area contributed by atoms with Crippen molar-refractivity contribution in [3.63, 3.8) is 0 Å². The van der Waals surface area contributed by atoms with Crippen molar-refractivity contribution in [3.05, 3.63) is 53.9 Å². The second-order valence-corrected chi connectivity index (χ2v) is 7.62. The number of aliphatic hydroxyl groups is 1. The lowest BCUT2D eigenvalue weighted by atomic mass is 10.0. The Labute approximate surface area is 182 Å². The van der Waals surface area contributed by atoms with Crippen LogP contribution in [0.1, 0.15) is 24.4 Å². The predicted molar refractivity (Wildman–Crippen MR) is 113 cm³/mol. The van der Waals surface area contributed by atoms with Crippen LogP contribution in [0.5, 0.6) is 0 Å². The van der Waals surface area contributed by atoms with Gasteiger partial charge >= 0.3 is 6.03 Å². The van der Waals surface area contributed by atoms with Gasteiger partial charge in [-0.3, -0.25) is 0 Å². The van der Waals surface area contributed by atoms with Crippen LogP contribution < -0.4 is 10.2 Å². The van der Waals surface area contributed by atoms with Gasteiger partial charge < -0.3 is 20.2 Å². The molecule has 2 aliphatic rings. The molecule has 8 nitrogen and oxygen atoms in total. The molecule has 2 saturated heterocycles. The molecule has 2 amide bonds. The third-order valence-electron chi connectivity index (χ3n) is 5.61. The van der Waals surface area contributed by atoms with E-state index in [1.54, 1.807) is 12.3 Å². The number of nitrogens with one attached hydrogen (secondary N) is 1. The summed E-state index contributed by atoms with van der Waals surface area (Å²) in [5.41, 5.74) is 1.20. The maximum atomic E-state index is 14.4. The fourth-order valence-electron chi connectivity index (χ4n) is 4.06. The van der Waals surface area contributed by atoms with Crippen LogP contribution in [-0.4, -0.2) is 56.4 Å². The largest absolute Gasteiger partial charge is 0.389 e. The Kier molecular flexibility index (Phi) is 5.67. The van der Waals surface area contributed by atoms with Crippen LogP contribution in [-0.2, 0) is 0 Å². The van der Waals surface area contributed by atoms with E-state index in [2.05, 4.69) is 15.4 Å². The van der Waals surface area contributed by atoms with E-state index in [9.17, 15) is 18.7 Å². The van der Waals surface area contributed by atoms with Crippen molar-refractivity contribution >= 4 is 35.6 Å². The lowest BCUT2D eigenvalue weighted by Gasteiger charge is -2.35. The fraction of sp³-hybridized carbons (Fsp3) is 0.350. The number of fused-ring (bicyclic) bond motifs is 1. The van der Waals surface area contributed by atoms with Crippen LogP contribution in [0.25, 0.3) is 5.65 Å². The molecule has 1 aromatic carbocycles. The first kappa shape index (κ1) is 21.3. The highest BCUT2D eigenvalue weighted by Crippen LogP contribution is 2.37. The van der Waals surface area contributed by atoms with E-state index in [1.165, 1.54) is 21.7 Å².